The van der Waals surface area contributed by atoms with Crippen molar-refractivity contribution in [3.63, 3.8) is 0 Å². The van der Waals surface area contributed by atoms with Crippen molar-refractivity contribution in [1.82, 2.24) is 4.90 Å². The summed E-state index contributed by atoms with van der Waals surface area (Å²) >= 11 is 0. The molecule has 0 N–H and O–H groups in total. The minimum Gasteiger partial charge on any atom is -0.301 e. The molecule has 0 aliphatic heterocycles. The van der Waals surface area contributed by atoms with Crippen LogP contribution in [0.5, 0.6) is 0 Å². The highest BCUT2D eigenvalue weighted by atomic mass is 15.2. The fourth-order valence-electron chi connectivity index (χ4n) is 1.42. The Morgan fingerprint density at radius 3 is 2.36 bits per heavy atom. The summed E-state index contributed by atoms with van der Waals surface area (Å²) < 4.78 is 0. The number of hydrogen-bond donors (Lipinski definition) is 0. The summed E-state index contributed by atoms with van der Waals surface area (Å²) in [5.41, 5.74) is 8.13. The van der Waals surface area contributed by atoms with Crippen LogP contribution in [-0.2, 0) is 0 Å². The molecule has 0 unspecified atom stereocenters. The third-order valence-corrected chi connectivity index (χ3v) is 2.10. The van der Waals surface area contributed by atoms with Gasteiger partial charge in [0.25, 0.3) is 0 Å². The molecule has 0 saturated heterocycles. The van der Waals surface area contributed by atoms with Gasteiger partial charge in [0.1, 0.15) is 0 Å². The van der Waals surface area contributed by atoms with Gasteiger partial charge in [0.2, 0.25) is 0 Å². The van der Waals surface area contributed by atoms with Crippen LogP contribution in [0.1, 0.15) is 34.1 Å². The summed E-state index contributed by atoms with van der Waals surface area (Å²) in [6, 6.07) is 0.573. The van der Waals surface area contributed by atoms with Crippen LogP contribution < -0.4 is 0 Å². The second-order valence-corrected chi connectivity index (χ2v) is 4.29. The molecule has 0 heterocycles. The third-order valence-electron chi connectivity index (χ3n) is 2.10. The van der Waals surface area contributed by atoms with E-state index in [1.165, 1.54) is 0 Å². The largest absolute Gasteiger partial charge is 0.301 e. The summed E-state index contributed by atoms with van der Waals surface area (Å²) in [5.74, 6) is 0.692. The number of hydrogen-bond acceptors (Lipinski definition) is 2. The average Bonchev–Trinajstić information content (AvgIpc) is 2.09. The van der Waals surface area contributed by atoms with E-state index in [1.807, 2.05) is 0 Å². The zero-order valence-electron chi connectivity index (χ0n) is 9.77. The molecule has 0 aromatic heterocycles. The molecule has 4 nitrogen and oxygen atoms in total. The second kappa shape index (κ2) is 7.65. The monoisotopic (exact) mass is 198 g/mol. The molecule has 0 aliphatic carbocycles. The molecule has 0 bridgehead atoms. The van der Waals surface area contributed by atoms with E-state index in [4.69, 9.17) is 5.53 Å². The van der Waals surface area contributed by atoms with Crippen molar-refractivity contribution < 1.29 is 0 Å². The van der Waals surface area contributed by atoms with E-state index >= 15 is 0 Å². The lowest BCUT2D eigenvalue weighted by Crippen LogP contribution is -2.35. The summed E-state index contributed by atoms with van der Waals surface area (Å²) in [6.45, 7) is 11.6. The lowest BCUT2D eigenvalue weighted by molar-refractivity contribution is 0.196. The average molecular weight is 198 g/mol. The fourth-order valence-corrected chi connectivity index (χ4v) is 1.42. The van der Waals surface area contributed by atoms with Gasteiger partial charge in [-0.3, -0.25) is 0 Å². The first-order valence-electron chi connectivity index (χ1n) is 5.32. The maximum Gasteiger partial charge on any atom is 0.0270 e. The fraction of sp³-hybridized carbons (Fsp3) is 1.00. The van der Waals surface area contributed by atoms with Crippen molar-refractivity contribution in [3.8, 4) is 0 Å². The first-order valence-corrected chi connectivity index (χ1v) is 5.32. The first-order chi connectivity index (χ1) is 6.57. The molecule has 4 heteroatoms. The third kappa shape index (κ3) is 6.75. The summed E-state index contributed by atoms with van der Waals surface area (Å²) in [4.78, 5) is 5.17. The standard InChI is InChI=1S/C10H22N4/c1-9(2)8-14(10(3)4)7-5-6-12-13-11/h9-10H,5-8H2,1-4H3. The van der Waals surface area contributed by atoms with Crippen LogP contribution in [0.2, 0.25) is 0 Å². The van der Waals surface area contributed by atoms with Gasteiger partial charge < -0.3 is 4.90 Å². The zero-order chi connectivity index (χ0) is 11.0. The highest BCUT2D eigenvalue weighted by Crippen LogP contribution is 2.04. The Balaban J connectivity index is 3.79. The van der Waals surface area contributed by atoms with Gasteiger partial charge in [0, 0.05) is 24.0 Å². The topological polar surface area (TPSA) is 52.0 Å². The quantitative estimate of drug-likeness (QED) is 0.268. The Morgan fingerprint density at radius 1 is 1.29 bits per heavy atom. The van der Waals surface area contributed by atoms with Crippen molar-refractivity contribution in [2.75, 3.05) is 19.6 Å². The smallest absolute Gasteiger partial charge is 0.0270 e. The SMILES string of the molecule is CC(C)CN(CCCN=[N+]=[N-])C(C)C. The maximum absolute atomic E-state index is 8.13. The van der Waals surface area contributed by atoms with E-state index in [1.54, 1.807) is 0 Å². The molecule has 0 aromatic carbocycles. The Bertz CT molecular complexity index is 183. The molecule has 0 aromatic rings. The van der Waals surface area contributed by atoms with E-state index in [9.17, 15) is 0 Å². The van der Waals surface area contributed by atoms with Crippen molar-refractivity contribution in [2.45, 2.75) is 40.2 Å². The van der Waals surface area contributed by atoms with Gasteiger partial charge in [-0.1, -0.05) is 19.0 Å². The van der Waals surface area contributed by atoms with Crippen LogP contribution in [-0.4, -0.2) is 30.6 Å². The molecule has 14 heavy (non-hydrogen) atoms. The minimum atomic E-state index is 0.573. The van der Waals surface area contributed by atoms with Crippen LogP contribution in [0.3, 0.4) is 0 Å². The molecule has 0 amide bonds. The number of rotatable bonds is 7. The van der Waals surface area contributed by atoms with Gasteiger partial charge in [0.15, 0.2) is 0 Å². The zero-order valence-corrected chi connectivity index (χ0v) is 9.77. The van der Waals surface area contributed by atoms with Crippen LogP contribution in [0.4, 0.5) is 0 Å². The highest BCUT2D eigenvalue weighted by Gasteiger charge is 2.09. The van der Waals surface area contributed by atoms with Gasteiger partial charge in [-0.25, -0.2) is 0 Å². The maximum atomic E-state index is 8.13. The normalized spacial score (nSPS) is 11.1. The molecule has 0 spiro atoms. The van der Waals surface area contributed by atoms with Crippen LogP contribution >= 0.6 is 0 Å². The van der Waals surface area contributed by atoms with Crippen molar-refractivity contribution in [1.29, 1.82) is 0 Å². The second-order valence-electron chi connectivity index (χ2n) is 4.29. The predicted octanol–water partition coefficient (Wildman–Crippen LogP) is 3.05. The van der Waals surface area contributed by atoms with Crippen molar-refractivity contribution >= 4 is 0 Å². The van der Waals surface area contributed by atoms with E-state index in [2.05, 4.69) is 42.6 Å². The number of azide groups is 1. The molecule has 0 atom stereocenters. The summed E-state index contributed by atoms with van der Waals surface area (Å²) in [6.07, 6.45) is 0.953. The Hall–Kier alpha value is -0.730. The molecular formula is C10H22N4. The van der Waals surface area contributed by atoms with E-state index in [0.29, 0.717) is 18.5 Å². The Labute approximate surface area is 86.9 Å². The predicted molar refractivity (Wildman–Crippen MR) is 60.2 cm³/mol. The lowest BCUT2D eigenvalue weighted by Gasteiger charge is -2.27. The van der Waals surface area contributed by atoms with Gasteiger partial charge >= 0.3 is 0 Å². The molecule has 0 radical (unpaired) electrons. The van der Waals surface area contributed by atoms with Crippen LogP contribution in [0, 0.1) is 5.92 Å². The summed E-state index contributed by atoms with van der Waals surface area (Å²) in [5, 5.41) is 3.54. The van der Waals surface area contributed by atoms with Crippen LogP contribution in [0.15, 0.2) is 5.11 Å². The molecule has 0 saturated carbocycles. The highest BCUT2D eigenvalue weighted by molar-refractivity contribution is 4.65. The van der Waals surface area contributed by atoms with Crippen molar-refractivity contribution in [3.05, 3.63) is 10.4 Å². The molecular weight excluding hydrogens is 176 g/mol. The molecule has 0 aliphatic rings. The number of nitrogens with zero attached hydrogens (tertiary/aromatic N) is 4. The van der Waals surface area contributed by atoms with Crippen LogP contribution in [0.25, 0.3) is 10.4 Å². The van der Waals surface area contributed by atoms with Gasteiger partial charge in [0.05, 0.1) is 0 Å². The lowest BCUT2D eigenvalue weighted by atomic mass is 10.1. The van der Waals surface area contributed by atoms with Gasteiger partial charge in [-0.15, -0.1) is 0 Å². The van der Waals surface area contributed by atoms with E-state index in [0.717, 1.165) is 19.5 Å². The van der Waals surface area contributed by atoms with Crippen molar-refractivity contribution in [2.24, 2.45) is 11.0 Å². The van der Waals surface area contributed by atoms with Gasteiger partial charge in [-0.05, 0) is 38.3 Å². The summed E-state index contributed by atoms with van der Waals surface area (Å²) in [7, 11) is 0. The first kappa shape index (κ1) is 13.3. The molecule has 0 rings (SSSR count). The van der Waals surface area contributed by atoms with E-state index in [-0.39, 0.29) is 0 Å². The Morgan fingerprint density at radius 2 is 1.93 bits per heavy atom. The minimum absolute atomic E-state index is 0.573. The molecule has 0 fully saturated rings. The van der Waals surface area contributed by atoms with Gasteiger partial charge in [-0.2, -0.15) is 0 Å². The van der Waals surface area contributed by atoms with E-state index < -0.39 is 0 Å². The Kier molecular flexibility index (Phi) is 7.25. The molecule has 82 valence electrons.